The number of benzene rings is 1. The molecule has 1 aliphatic heterocycles. The second-order valence-corrected chi connectivity index (χ2v) is 7.27. The molecule has 1 saturated carbocycles. The Hall–Kier alpha value is -1.82. The van der Waals surface area contributed by atoms with Gasteiger partial charge >= 0.3 is 0 Å². The van der Waals surface area contributed by atoms with Gasteiger partial charge in [0, 0.05) is 6.04 Å². The number of hydrogen-bond donors (Lipinski definition) is 2. The molecule has 1 fully saturated rings. The van der Waals surface area contributed by atoms with Crippen molar-refractivity contribution in [3.63, 3.8) is 0 Å². The lowest BCUT2D eigenvalue weighted by Gasteiger charge is -2.23. The molecule has 3 rings (SSSR count). The molecule has 0 spiro atoms. The molecule has 1 aromatic carbocycles. The number of carbonyl (C=O) groups excluding carboxylic acids is 2. The number of thioether (sulfide) groups is 1. The predicted octanol–water partition coefficient (Wildman–Crippen LogP) is 2.79. The Morgan fingerprint density at radius 3 is 2.71 bits per heavy atom. The van der Waals surface area contributed by atoms with Crippen LogP contribution in [-0.4, -0.2) is 28.8 Å². The summed E-state index contributed by atoms with van der Waals surface area (Å²) >= 11 is 1.30. The Bertz CT molecular complexity index is 612. The van der Waals surface area contributed by atoms with Crippen LogP contribution in [0.15, 0.2) is 35.3 Å². The summed E-state index contributed by atoms with van der Waals surface area (Å²) in [7, 11) is 0. The molecule has 24 heavy (non-hydrogen) atoms. The molecule has 1 aliphatic carbocycles. The van der Waals surface area contributed by atoms with Gasteiger partial charge in [-0.05, 0) is 18.4 Å². The van der Waals surface area contributed by atoms with Crippen LogP contribution in [0.4, 0.5) is 0 Å². The largest absolute Gasteiger partial charge is 0.353 e. The van der Waals surface area contributed by atoms with Gasteiger partial charge in [-0.25, -0.2) is 0 Å². The maximum absolute atomic E-state index is 12.1. The molecule has 0 bridgehead atoms. The molecule has 0 aromatic heterocycles. The molecule has 2 amide bonds. The van der Waals surface area contributed by atoms with E-state index in [2.05, 4.69) is 15.6 Å². The standard InChI is InChI=1S/C18H23N3O2S/c22-16-11-15(13-7-3-1-4-8-13)20-18(21-16)24-12-17(23)19-14-9-5-2-6-10-14/h1,3-4,7-8,14-15H,2,5-6,9-12H2,(H,19,23)(H,20,21,22). The van der Waals surface area contributed by atoms with Gasteiger partial charge in [-0.3, -0.25) is 14.6 Å². The fraction of sp³-hybridized carbons (Fsp3) is 0.500. The average Bonchev–Trinajstić information content (AvgIpc) is 2.61. The third-order valence-corrected chi connectivity index (χ3v) is 5.28. The Balaban J connectivity index is 1.54. The summed E-state index contributed by atoms with van der Waals surface area (Å²) in [6.07, 6.45) is 6.15. The topological polar surface area (TPSA) is 70.6 Å². The highest BCUT2D eigenvalue weighted by Crippen LogP contribution is 2.25. The first-order valence-corrected chi connectivity index (χ1v) is 9.54. The summed E-state index contributed by atoms with van der Waals surface area (Å²) in [5.74, 6) is 0.261. The SMILES string of the molecule is O=C1CC(c2ccccc2)N=C(SCC(=O)NC2CCCCC2)N1. The minimum Gasteiger partial charge on any atom is -0.353 e. The van der Waals surface area contributed by atoms with E-state index < -0.39 is 0 Å². The summed E-state index contributed by atoms with van der Waals surface area (Å²) in [5.41, 5.74) is 1.03. The van der Waals surface area contributed by atoms with Crippen LogP contribution in [0, 0.1) is 0 Å². The summed E-state index contributed by atoms with van der Waals surface area (Å²) in [4.78, 5) is 28.6. The zero-order valence-electron chi connectivity index (χ0n) is 13.7. The van der Waals surface area contributed by atoms with Crippen molar-refractivity contribution in [2.24, 2.45) is 4.99 Å². The summed E-state index contributed by atoms with van der Waals surface area (Å²) in [6.45, 7) is 0. The van der Waals surface area contributed by atoms with Crippen molar-refractivity contribution in [2.75, 3.05) is 5.75 Å². The Labute approximate surface area is 146 Å². The second kappa shape index (κ2) is 8.33. The molecule has 2 N–H and O–H groups in total. The van der Waals surface area contributed by atoms with Crippen LogP contribution in [-0.2, 0) is 9.59 Å². The molecular formula is C18H23N3O2S. The lowest BCUT2D eigenvalue weighted by Crippen LogP contribution is -2.39. The van der Waals surface area contributed by atoms with E-state index in [1.807, 2.05) is 30.3 Å². The normalized spacial score (nSPS) is 21.8. The van der Waals surface area contributed by atoms with E-state index in [4.69, 9.17) is 0 Å². The van der Waals surface area contributed by atoms with Gasteiger partial charge in [0.25, 0.3) is 0 Å². The van der Waals surface area contributed by atoms with Crippen LogP contribution >= 0.6 is 11.8 Å². The van der Waals surface area contributed by atoms with Gasteiger partial charge in [-0.2, -0.15) is 0 Å². The predicted molar refractivity (Wildman–Crippen MR) is 96.9 cm³/mol. The second-order valence-electron chi connectivity index (χ2n) is 6.30. The van der Waals surface area contributed by atoms with Crippen LogP contribution in [0.2, 0.25) is 0 Å². The smallest absolute Gasteiger partial charge is 0.230 e. The minimum atomic E-state index is -0.163. The molecule has 128 valence electrons. The number of hydrogen-bond acceptors (Lipinski definition) is 4. The summed E-state index contributed by atoms with van der Waals surface area (Å²) < 4.78 is 0. The highest BCUT2D eigenvalue weighted by molar-refractivity contribution is 8.14. The van der Waals surface area contributed by atoms with Gasteiger partial charge in [0.05, 0.1) is 18.2 Å². The van der Waals surface area contributed by atoms with E-state index in [-0.39, 0.29) is 23.6 Å². The van der Waals surface area contributed by atoms with Crippen molar-refractivity contribution in [1.29, 1.82) is 0 Å². The van der Waals surface area contributed by atoms with Crippen molar-refractivity contribution < 1.29 is 9.59 Å². The van der Waals surface area contributed by atoms with Gasteiger partial charge in [0.1, 0.15) is 0 Å². The third kappa shape index (κ3) is 4.84. The average molecular weight is 345 g/mol. The van der Waals surface area contributed by atoms with Crippen molar-refractivity contribution in [3.8, 4) is 0 Å². The molecule has 0 radical (unpaired) electrons. The van der Waals surface area contributed by atoms with E-state index >= 15 is 0 Å². The molecule has 0 saturated heterocycles. The van der Waals surface area contributed by atoms with Crippen molar-refractivity contribution in [3.05, 3.63) is 35.9 Å². The van der Waals surface area contributed by atoms with Crippen LogP contribution in [0.3, 0.4) is 0 Å². The third-order valence-electron chi connectivity index (χ3n) is 4.39. The quantitative estimate of drug-likeness (QED) is 0.881. The molecule has 1 aromatic rings. The van der Waals surface area contributed by atoms with Gasteiger partial charge in [0.15, 0.2) is 5.17 Å². The van der Waals surface area contributed by atoms with Crippen molar-refractivity contribution in [2.45, 2.75) is 50.6 Å². The van der Waals surface area contributed by atoms with Gasteiger partial charge in [-0.1, -0.05) is 61.4 Å². The van der Waals surface area contributed by atoms with E-state index in [1.54, 1.807) is 0 Å². The van der Waals surface area contributed by atoms with E-state index in [0.717, 1.165) is 18.4 Å². The van der Waals surface area contributed by atoms with E-state index in [1.165, 1.54) is 31.0 Å². The number of nitrogens with one attached hydrogen (secondary N) is 2. The highest BCUT2D eigenvalue weighted by atomic mass is 32.2. The lowest BCUT2D eigenvalue weighted by molar-refractivity contribution is -0.121. The lowest BCUT2D eigenvalue weighted by atomic mass is 9.95. The van der Waals surface area contributed by atoms with Gasteiger partial charge in [0.2, 0.25) is 11.8 Å². The first kappa shape index (κ1) is 17.0. The zero-order valence-corrected chi connectivity index (χ0v) is 14.5. The Morgan fingerprint density at radius 2 is 1.96 bits per heavy atom. The summed E-state index contributed by atoms with van der Waals surface area (Å²) in [5, 5.41) is 6.39. The molecule has 1 unspecified atom stereocenters. The number of aliphatic imine (C=N–C) groups is 1. The molecular weight excluding hydrogens is 322 g/mol. The number of carbonyl (C=O) groups is 2. The first-order chi connectivity index (χ1) is 11.7. The number of rotatable bonds is 4. The van der Waals surface area contributed by atoms with Gasteiger partial charge < -0.3 is 10.6 Å². The zero-order chi connectivity index (χ0) is 16.8. The van der Waals surface area contributed by atoms with Crippen LogP contribution < -0.4 is 10.6 Å². The first-order valence-electron chi connectivity index (χ1n) is 8.55. The highest BCUT2D eigenvalue weighted by Gasteiger charge is 2.23. The molecule has 5 nitrogen and oxygen atoms in total. The summed E-state index contributed by atoms with van der Waals surface area (Å²) in [6, 6.07) is 9.94. The molecule has 1 heterocycles. The van der Waals surface area contributed by atoms with Gasteiger partial charge in [-0.15, -0.1) is 0 Å². The fourth-order valence-corrected chi connectivity index (χ4v) is 3.90. The van der Waals surface area contributed by atoms with Crippen molar-refractivity contribution >= 4 is 28.7 Å². The Kier molecular flexibility index (Phi) is 5.91. The maximum atomic E-state index is 12.1. The maximum Gasteiger partial charge on any atom is 0.230 e. The van der Waals surface area contributed by atoms with Crippen LogP contribution in [0.1, 0.15) is 50.1 Å². The number of amidine groups is 1. The number of amides is 2. The monoisotopic (exact) mass is 345 g/mol. The van der Waals surface area contributed by atoms with Crippen LogP contribution in [0.25, 0.3) is 0 Å². The van der Waals surface area contributed by atoms with E-state index in [0.29, 0.717) is 17.6 Å². The molecule has 1 atom stereocenters. The Morgan fingerprint density at radius 1 is 1.21 bits per heavy atom. The molecule has 2 aliphatic rings. The molecule has 6 heteroatoms. The van der Waals surface area contributed by atoms with Crippen LogP contribution in [0.5, 0.6) is 0 Å². The number of nitrogens with zero attached hydrogens (tertiary/aromatic N) is 1. The minimum absolute atomic E-state index is 0.0192. The fourth-order valence-electron chi connectivity index (χ4n) is 3.16. The van der Waals surface area contributed by atoms with E-state index in [9.17, 15) is 9.59 Å². The van der Waals surface area contributed by atoms with Crippen molar-refractivity contribution in [1.82, 2.24) is 10.6 Å².